The number of imidazole rings is 1. The summed E-state index contributed by atoms with van der Waals surface area (Å²) >= 11 is 0. The Labute approximate surface area is 127 Å². The average Bonchev–Trinajstić information content (AvgIpc) is 2.86. The first-order valence-electron chi connectivity index (χ1n) is 6.93. The van der Waals surface area contributed by atoms with Gasteiger partial charge >= 0.3 is 0 Å². The largest absolute Gasteiger partial charge is 0.389 e. The fourth-order valence-corrected chi connectivity index (χ4v) is 2.43. The lowest BCUT2D eigenvalue weighted by atomic mass is 10.3. The van der Waals surface area contributed by atoms with Gasteiger partial charge in [0.15, 0.2) is 5.82 Å². The van der Waals surface area contributed by atoms with Gasteiger partial charge in [-0.3, -0.25) is 4.98 Å². The van der Waals surface area contributed by atoms with Gasteiger partial charge in [-0.05, 0) is 30.3 Å². The van der Waals surface area contributed by atoms with Gasteiger partial charge in [0.05, 0.1) is 30.3 Å². The van der Waals surface area contributed by atoms with Crippen LogP contribution in [0.25, 0.3) is 22.6 Å². The Hall–Kier alpha value is -2.31. The second-order valence-electron chi connectivity index (χ2n) is 5.00. The third-order valence-electron chi connectivity index (χ3n) is 3.36. The number of ether oxygens (including phenoxy) is 1. The maximum atomic E-state index is 13.6. The van der Waals surface area contributed by atoms with Gasteiger partial charge in [-0.2, -0.15) is 0 Å². The van der Waals surface area contributed by atoms with E-state index in [9.17, 15) is 9.50 Å². The van der Waals surface area contributed by atoms with E-state index in [1.807, 2.05) is 18.2 Å². The Bertz CT molecular complexity index is 774. The molecule has 6 heteroatoms. The van der Waals surface area contributed by atoms with Crippen LogP contribution in [0.2, 0.25) is 0 Å². The molecule has 0 aliphatic carbocycles. The number of rotatable bonds is 5. The van der Waals surface area contributed by atoms with Crippen molar-refractivity contribution < 1.29 is 14.2 Å². The Kier molecular flexibility index (Phi) is 4.13. The number of aliphatic hydroxyl groups is 1. The summed E-state index contributed by atoms with van der Waals surface area (Å²) in [5, 5.41) is 10.0. The van der Waals surface area contributed by atoms with E-state index in [1.54, 1.807) is 16.8 Å². The first kappa shape index (κ1) is 14.6. The molecule has 0 aliphatic rings. The summed E-state index contributed by atoms with van der Waals surface area (Å²) in [5.74, 6) is 0.249. The molecule has 3 rings (SSSR count). The fourth-order valence-electron chi connectivity index (χ4n) is 2.43. The summed E-state index contributed by atoms with van der Waals surface area (Å²) < 4.78 is 20.3. The maximum Gasteiger partial charge on any atom is 0.159 e. The monoisotopic (exact) mass is 301 g/mol. The number of pyridine rings is 1. The van der Waals surface area contributed by atoms with E-state index in [2.05, 4.69) is 9.97 Å². The van der Waals surface area contributed by atoms with Crippen LogP contribution in [0.15, 0.2) is 42.6 Å². The molecule has 0 saturated heterocycles. The molecule has 0 saturated carbocycles. The lowest BCUT2D eigenvalue weighted by Gasteiger charge is -2.13. The molecular weight excluding hydrogens is 285 g/mol. The molecule has 1 atom stereocenters. The minimum absolute atomic E-state index is 0.191. The summed E-state index contributed by atoms with van der Waals surface area (Å²) in [7, 11) is 1.52. The fraction of sp³-hybridized carbons (Fsp3) is 0.250. The van der Waals surface area contributed by atoms with Crippen LogP contribution in [0, 0.1) is 5.82 Å². The quantitative estimate of drug-likeness (QED) is 0.785. The number of hydrogen-bond donors (Lipinski definition) is 1. The highest BCUT2D eigenvalue weighted by Crippen LogP contribution is 2.24. The van der Waals surface area contributed by atoms with E-state index in [-0.39, 0.29) is 19.0 Å². The molecular formula is C16H16FN3O2. The molecule has 5 nitrogen and oxygen atoms in total. The Morgan fingerprint density at radius 2 is 2.18 bits per heavy atom. The molecule has 0 unspecified atom stereocenters. The van der Waals surface area contributed by atoms with Crippen molar-refractivity contribution in [2.75, 3.05) is 13.7 Å². The molecule has 0 bridgehead atoms. The average molecular weight is 301 g/mol. The van der Waals surface area contributed by atoms with Gasteiger partial charge in [0.2, 0.25) is 0 Å². The molecule has 22 heavy (non-hydrogen) atoms. The minimum Gasteiger partial charge on any atom is -0.389 e. The van der Waals surface area contributed by atoms with E-state index in [0.29, 0.717) is 22.6 Å². The standard InChI is InChI=1S/C16H16FN3O2/c1-22-10-12(21)9-20-15-8-11(17)5-6-13(15)19-16(20)14-4-2-3-7-18-14/h2-8,12,21H,9-10H2,1H3/t12-/m1/s1. The number of aliphatic hydroxyl groups excluding tert-OH is 1. The van der Waals surface area contributed by atoms with Crippen LogP contribution < -0.4 is 0 Å². The maximum absolute atomic E-state index is 13.6. The van der Waals surface area contributed by atoms with Crippen molar-refractivity contribution in [2.24, 2.45) is 0 Å². The summed E-state index contributed by atoms with van der Waals surface area (Å²) in [5.41, 5.74) is 1.95. The lowest BCUT2D eigenvalue weighted by molar-refractivity contribution is 0.0546. The number of halogens is 1. The summed E-state index contributed by atoms with van der Waals surface area (Å²) in [4.78, 5) is 8.81. The molecule has 0 amide bonds. The predicted octanol–water partition coefficient (Wildman–Crippen LogP) is 2.24. The van der Waals surface area contributed by atoms with Crippen molar-refractivity contribution >= 4 is 11.0 Å². The second-order valence-corrected chi connectivity index (χ2v) is 5.00. The second kappa shape index (κ2) is 6.21. The molecule has 0 aliphatic heterocycles. The molecule has 3 aromatic rings. The Morgan fingerprint density at radius 1 is 1.32 bits per heavy atom. The molecule has 1 N–H and O–H groups in total. The van der Waals surface area contributed by atoms with E-state index in [1.165, 1.54) is 19.2 Å². The van der Waals surface area contributed by atoms with Crippen LogP contribution in [-0.2, 0) is 11.3 Å². The third kappa shape index (κ3) is 2.84. The highest BCUT2D eigenvalue weighted by molar-refractivity contribution is 5.80. The van der Waals surface area contributed by atoms with Crippen LogP contribution in [0.5, 0.6) is 0 Å². The highest BCUT2D eigenvalue weighted by Gasteiger charge is 2.16. The van der Waals surface area contributed by atoms with Crippen molar-refractivity contribution in [3.8, 4) is 11.5 Å². The predicted molar refractivity (Wildman–Crippen MR) is 80.8 cm³/mol. The number of nitrogens with zero attached hydrogens (tertiary/aromatic N) is 3. The first-order valence-corrected chi connectivity index (χ1v) is 6.93. The number of hydrogen-bond acceptors (Lipinski definition) is 4. The summed E-state index contributed by atoms with van der Waals surface area (Å²) in [6, 6.07) is 9.91. The van der Waals surface area contributed by atoms with Crippen LogP contribution in [0.4, 0.5) is 4.39 Å². The van der Waals surface area contributed by atoms with Crippen molar-refractivity contribution in [3.05, 3.63) is 48.4 Å². The van der Waals surface area contributed by atoms with Crippen molar-refractivity contribution in [2.45, 2.75) is 12.6 Å². The normalized spacial score (nSPS) is 12.7. The zero-order valence-electron chi connectivity index (χ0n) is 12.1. The Morgan fingerprint density at radius 3 is 2.91 bits per heavy atom. The van der Waals surface area contributed by atoms with Crippen molar-refractivity contribution in [1.82, 2.24) is 14.5 Å². The molecule has 0 spiro atoms. The van der Waals surface area contributed by atoms with Crippen LogP contribution >= 0.6 is 0 Å². The lowest BCUT2D eigenvalue weighted by Crippen LogP contribution is -2.21. The molecule has 114 valence electrons. The zero-order valence-corrected chi connectivity index (χ0v) is 12.1. The first-order chi connectivity index (χ1) is 10.7. The SMILES string of the molecule is COC[C@H](O)Cn1c(-c2ccccn2)nc2ccc(F)cc21. The van der Waals surface area contributed by atoms with Gasteiger partial charge in [-0.25, -0.2) is 9.37 Å². The number of aromatic nitrogens is 3. The third-order valence-corrected chi connectivity index (χ3v) is 3.36. The van der Waals surface area contributed by atoms with Crippen molar-refractivity contribution in [1.29, 1.82) is 0 Å². The van der Waals surface area contributed by atoms with E-state index >= 15 is 0 Å². The van der Waals surface area contributed by atoms with Gasteiger partial charge in [-0.15, -0.1) is 0 Å². The van der Waals surface area contributed by atoms with E-state index < -0.39 is 6.10 Å². The van der Waals surface area contributed by atoms with Crippen LogP contribution in [0.1, 0.15) is 0 Å². The molecule has 2 aromatic heterocycles. The van der Waals surface area contributed by atoms with Gasteiger partial charge in [0.25, 0.3) is 0 Å². The smallest absolute Gasteiger partial charge is 0.159 e. The van der Waals surface area contributed by atoms with E-state index in [4.69, 9.17) is 4.74 Å². The van der Waals surface area contributed by atoms with Crippen molar-refractivity contribution in [3.63, 3.8) is 0 Å². The van der Waals surface area contributed by atoms with E-state index in [0.717, 1.165) is 0 Å². The zero-order chi connectivity index (χ0) is 15.5. The van der Waals surface area contributed by atoms with Gasteiger partial charge < -0.3 is 14.4 Å². The number of methoxy groups -OCH3 is 1. The highest BCUT2D eigenvalue weighted by atomic mass is 19.1. The van der Waals surface area contributed by atoms with Gasteiger partial charge in [-0.1, -0.05) is 6.07 Å². The molecule has 2 heterocycles. The summed E-state index contributed by atoms with van der Waals surface area (Å²) in [6.07, 6.45) is 0.957. The number of fused-ring (bicyclic) bond motifs is 1. The molecule has 0 radical (unpaired) electrons. The molecule has 1 aromatic carbocycles. The van der Waals surface area contributed by atoms with Crippen LogP contribution in [-0.4, -0.2) is 39.5 Å². The topological polar surface area (TPSA) is 60.2 Å². The summed E-state index contributed by atoms with van der Waals surface area (Å²) in [6.45, 7) is 0.441. The molecule has 0 fully saturated rings. The van der Waals surface area contributed by atoms with Crippen LogP contribution in [0.3, 0.4) is 0 Å². The van der Waals surface area contributed by atoms with Gasteiger partial charge in [0, 0.05) is 13.3 Å². The minimum atomic E-state index is -0.715. The van der Waals surface area contributed by atoms with Gasteiger partial charge in [0.1, 0.15) is 11.5 Å². The Balaban J connectivity index is 2.14. The number of benzene rings is 1.